The molecule has 0 N–H and O–H groups in total. The van der Waals surface area contributed by atoms with Crippen molar-refractivity contribution in [3.63, 3.8) is 0 Å². The summed E-state index contributed by atoms with van der Waals surface area (Å²) < 4.78 is 5.73. The fourth-order valence-corrected chi connectivity index (χ4v) is 2.81. The van der Waals surface area contributed by atoms with Crippen LogP contribution in [0, 0.1) is 25.2 Å². The first-order chi connectivity index (χ1) is 12.5. The highest BCUT2D eigenvalue weighted by atomic mass is 35.5. The third-order valence-electron chi connectivity index (χ3n) is 4.01. The Kier molecular flexibility index (Phi) is 5.06. The molecular weight excluding hydrogens is 346 g/mol. The number of aryl methyl sites for hydroxylation is 2. The average molecular weight is 362 g/mol. The number of Topliss-reactive ketones (excluding diaryl/α,β-unsaturated/α-hetero) is 1. The van der Waals surface area contributed by atoms with E-state index in [1.54, 1.807) is 31.2 Å². The highest BCUT2D eigenvalue weighted by molar-refractivity contribution is 6.30. The second kappa shape index (κ2) is 7.43. The summed E-state index contributed by atoms with van der Waals surface area (Å²) >= 11 is 5.91. The molecule has 1 heterocycles. The standard InChI is InChI=1S/C22H16ClNO2/c1-14-4-3-5-16(10-14)11-18(13-24)22(25)20-12-21(26-15(20)2)17-6-8-19(23)9-7-17/h3-12H,1-2H3. The normalized spacial score (nSPS) is 11.2. The zero-order valence-corrected chi connectivity index (χ0v) is 15.2. The molecule has 128 valence electrons. The van der Waals surface area contributed by atoms with Gasteiger partial charge in [0.15, 0.2) is 0 Å². The summed E-state index contributed by atoms with van der Waals surface area (Å²) in [5, 5.41) is 10.1. The van der Waals surface area contributed by atoms with E-state index < -0.39 is 0 Å². The number of allylic oxidation sites excluding steroid dienone is 1. The van der Waals surface area contributed by atoms with Crippen molar-refractivity contribution in [2.75, 3.05) is 0 Å². The SMILES string of the molecule is Cc1cccc(C=C(C#N)C(=O)c2cc(-c3ccc(Cl)cc3)oc2C)c1. The molecule has 3 nitrogen and oxygen atoms in total. The molecular formula is C22H16ClNO2. The van der Waals surface area contributed by atoms with Crippen LogP contribution >= 0.6 is 11.6 Å². The highest BCUT2D eigenvalue weighted by Gasteiger charge is 2.19. The van der Waals surface area contributed by atoms with E-state index in [1.807, 2.05) is 49.4 Å². The minimum absolute atomic E-state index is 0.0714. The van der Waals surface area contributed by atoms with Gasteiger partial charge in [-0.2, -0.15) is 5.26 Å². The summed E-state index contributed by atoms with van der Waals surface area (Å²) in [5.74, 6) is 0.691. The summed E-state index contributed by atoms with van der Waals surface area (Å²) in [6.45, 7) is 3.68. The van der Waals surface area contributed by atoms with Crippen LogP contribution < -0.4 is 0 Å². The van der Waals surface area contributed by atoms with Gasteiger partial charge in [-0.05, 0) is 55.8 Å². The van der Waals surface area contributed by atoms with Crippen molar-refractivity contribution in [2.45, 2.75) is 13.8 Å². The monoisotopic (exact) mass is 361 g/mol. The summed E-state index contributed by atoms with van der Waals surface area (Å²) in [5.41, 5.74) is 3.15. The summed E-state index contributed by atoms with van der Waals surface area (Å²) in [6.07, 6.45) is 1.60. The smallest absolute Gasteiger partial charge is 0.207 e. The lowest BCUT2D eigenvalue weighted by Crippen LogP contribution is -2.02. The lowest BCUT2D eigenvalue weighted by Gasteiger charge is -1.99. The van der Waals surface area contributed by atoms with Crippen LogP contribution in [0.25, 0.3) is 17.4 Å². The van der Waals surface area contributed by atoms with Crippen LogP contribution in [0.2, 0.25) is 5.02 Å². The van der Waals surface area contributed by atoms with Crippen molar-refractivity contribution >= 4 is 23.5 Å². The third kappa shape index (κ3) is 3.77. The van der Waals surface area contributed by atoms with Crippen LogP contribution in [0.15, 0.2) is 64.6 Å². The number of nitriles is 1. The summed E-state index contributed by atoms with van der Waals surface area (Å²) in [7, 11) is 0. The van der Waals surface area contributed by atoms with Gasteiger partial charge in [0.1, 0.15) is 23.2 Å². The van der Waals surface area contributed by atoms with Gasteiger partial charge in [-0.3, -0.25) is 4.79 Å². The summed E-state index contributed by atoms with van der Waals surface area (Å²) in [6, 6.07) is 18.5. The highest BCUT2D eigenvalue weighted by Crippen LogP contribution is 2.28. The molecule has 0 aliphatic carbocycles. The Balaban J connectivity index is 1.96. The molecule has 0 aliphatic heterocycles. The maximum absolute atomic E-state index is 12.8. The van der Waals surface area contributed by atoms with Gasteiger partial charge in [0, 0.05) is 10.6 Å². The first kappa shape index (κ1) is 17.7. The Morgan fingerprint density at radius 2 is 1.85 bits per heavy atom. The number of furan rings is 1. The van der Waals surface area contributed by atoms with Crippen LogP contribution in [0.3, 0.4) is 0 Å². The van der Waals surface area contributed by atoms with Gasteiger partial charge in [-0.15, -0.1) is 0 Å². The maximum Gasteiger partial charge on any atom is 0.207 e. The number of ketones is 1. The zero-order valence-electron chi connectivity index (χ0n) is 14.4. The number of nitrogens with zero attached hydrogens (tertiary/aromatic N) is 1. The quantitative estimate of drug-likeness (QED) is 0.325. The van der Waals surface area contributed by atoms with Gasteiger partial charge in [0.2, 0.25) is 5.78 Å². The Bertz CT molecular complexity index is 1040. The first-order valence-corrected chi connectivity index (χ1v) is 8.45. The van der Waals surface area contributed by atoms with Gasteiger partial charge < -0.3 is 4.42 Å². The van der Waals surface area contributed by atoms with E-state index in [0.717, 1.165) is 16.7 Å². The minimum Gasteiger partial charge on any atom is -0.461 e. The van der Waals surface area contributed by atoms with Gasteiger partial charge in [0.05, 0.1) is 5.56 Å². The molecule has 0 fully saturated rings. The van der Waals surface area contributed by atoms with E-state index in [1.165, 1.54) is 0 Å². The number of rotatable bonds is 4. The van der Waals surface area contributed by atoms with E-state index in [0.29, 0.717) is 22.1 Å². The molecule has 0 radical (unpaired) electrons. The number of benzene rings is 2. The van der Waals surface area contributed by atoms with Crippen LogP contribution in [0.5, 0.6) is 0 Å². The van der Waals surface area contributed by atoms with Gasteiger partial charge in [0.25, 0.3) is 0 Å². The van der Waals surface area contributed by atoms with Crippen molar-refractivity contribution < 1.29 is 9.21 Å². The molecule has 3 aromatic rings. The number of hydrogen-bond donors (Lipinski definition) is 0. The van der Waals surface area contributed by atoms with Crippen molar-refractivity contribution in [3.05, 3.63) is 87.6 Å². The second-order valence-corrected chi connectivity index (χ2v) is 6.44. The first-order valence-electron chi connectivity index (χ1n) is 8.07. The van der Waals surface area contributed by atoms with Gasteiger partial charge in [-0.25, -0.2) is 0 Å². The molecule has 0 aliphatic rings. The van der Waals surface area contributed by atoms with Crippen molar-refractivity contribution in [1.29, 1.82) is 5.26 Å². The molecule has 0 unspecified atom stereocenters. The van der Waals surface area contributed by atoms with Crippen LogP contribution in [0.4, 0.5) is 0 Å². The molecule has 3 rings (SSSR count). The van der Waals surface area contributed by atoms with Crippen LogP contribution in [-0.2, 0) is 0 Å². The molecule has 0 saturated heterocycles. The van der Waals surface area contributed by atoms with Crippen molar-refractivity contribution in [2.24, 2.45) is 0 Å². The Morgan fingerprint density at radius 1 is 1.12 bits per heavy atom. The second-order valence-electron chi connectivity index (χ2n) is 6.00. The molecule has 26 heavy (non-hydrogen) atoms. The topological polar surface area (TPSA) is 54.0 Å². The van der Waals surface area contributed by atoms with Crippen molar-refractivity contribution in [1.82, 2.24) is 0 Å². The molecule has 4 heteroatoms. The van der Waals surface area contributed by atoms with Crippen LogP contribution in [-0.4, -0.2) is 5.78 Å². The fourth-order valence-electron chi connectivity index (χ4n) is 2.68. The van der Waals surface area contributed by atoms with E-state index in [-0.39, 0.29) is 11.4 Å². The average Bonchev–Trinajstić information content (AvgIpc) is 3.01. The number of halogens is 1. The lowest BCUT2D eigenvalue weighted by molar-refractivity contribution is 0.103. The third-order valence-corrected chi connectivity index (χ3v) is 4.26. The lowest BCUT2D eigenvalue weighted by atomic mass is 10.0. The van der Waals surface area contributed by atoms with E-state index in [2.05, 4.69) is 0 Å². The Labute approximate surface area is 157 Å². The van der Waals surface area contributed by atoms with Gasteiger partial charge >= 0.3 is 0 Å². The molecule has 0 atom stereocenters. The zero-order chi connectivity index (χ0) is 18.7. The van der Waals surface area contributed by atoms with Gasteiger partial charge in [-0.1, -0.05) is 41.4 Å². The number of carbonyl (C=O) groups is 1. The largest absolute Gasteiger partial charge is 0.461 e. The Hall–Kier alpha value is -3.09. The molecule has 0 amide bonds. The fraction of sp³-hybridized carbons (Fsp3) is 0.0909. The molecule has 2 aromatic carbocycles. The van der Waals surface area contributed by atoms with E-state index in [9.17, 15) is 10.1 Å². The Morgan fingerprint density at radius 3 is 2.50 bits per heavy atom. The predicted octanol–water partition coefficient (Wildman–Crippen LogP) is 6.01. The van der Waals surface area contributed by atoms with Crippen LogP contribution in [0.1, 0.15) is 27.2 Å². The summed E-state index contributed by atoms with van der Waals surface area (Å²) in [4.78, 5) is 12.8. The maximum atomic E-state index is 12.8. The van der Waals surface area contributed by atoms with E-state index >= 15 is 0 Å². The minimum atomic E-state index is -0.351. The number of hydrogen-bond acceptors (Lipinski definition) is 3. The number of carbonyl (C=O) groups excluding carboxylic acids is 1. The molecule has 0 spiro atoms. The molecule has 1 aromatic heterocycles. The van der Waals surface area contributed by atoms with Crippen molar-refractivity contribution in [3.8, 4) is 17.4 Å². The molecule has 0 saturated carbocycles. The molecule has 0 bridgehead atoms. The van der Waals surface area contributed by atoms with E-state index in [4.69, 9.17) is 16.0 Å². The predicted molar refractivity (Wildman–Crippen MR) is 103 cm³/mol.